The summed E-state index contributed by atoms with van der Waals surface area (Å²) in [6.45, 7) is 2.74. The Morgan fingerprint density at radius 1 is 1.38 bits per heavy atom. The van der Waals surface area contributed by atoms with Crippen LogP contribution in [0.3, 0.4) is 0 Å². The standard InChI is InChI=1S/C13H19N3O4S/c1-10(14)11-3-2-8-15(9-11)21(19,20)13-6-4-12(5-7-13)16(17)18/h4-7,10-11H,2-3,8-9,14H2,1H3. The maximum atomic E-state index is 12.6. The summed E-state index contributed by atoms with van der Waals surface area (Å²) in [5, 5.41) is 10.6. The lowest BCUT2D eigenvalue weighted by Crippen LogP contribution is -2.44. The van der Waals surface area contributed by atoms with E-state index in [-0.39, 0.29) is 22.5 Å². The second-order valence-electron chi connectivity index (χ2n) is 5.38. The van der Waals surface area contributed by atoms with E-state index in [2.05, 4.69) is 0 Å². The van der Waals surface area contributed by atoms with Crippen LogP contribution in [0.5, 0.6) is 0 Å². The molecule has 116 valence electrons. The molecule has 1 heterocycles. The fourth-order valence-electron chi connectivity index (χ4n) is 2.51. The van der Waals surface area contributed by atoms with Crippen LogP contribution in [-0.2, 0) is 10.0 Å². The van der Waals surface area contributed by atoms with Gasteiger partial charge in [-0.25, -0.2) is 8.42 Å². The van der Waals surface area contributed by atoms with Gasteiger partial charge in [0.1, 0.15) is 0 Å². The predicted molar refractivity (Wildman–Crippen MR) is 78.2 cm³/mol. The molecule has 2 N–H and O–H groups in total. The lowest BCUT2D eigenvalue weighted by molar-refractivity contribution is -0.384. The minimum absolute atomic E-state index is 0.0557. The summed E-state index contributed by atoms with van der Waals surface area (Å²) in [6.07, 6.45) is 1.70. The maximum Gasteiger partial charge on any atom is 0.269 e. The third kappa shape index (κ3) is 3.39. The van der Waals surface area contributed by atoms with Crippen LogP contribution in [0.15, 0.2) is 29.2 Å². The normalized spacial score (nSPS) is 21.9. The van der Waals surface area contributed by atoms with Crippen molar-refractivity contribution < 1.29 is 13.3 Å². The van der Waals surface area contributed by atoms with Gasteiger partial charge in [0.25, 0.3) is 5.69 Å². The van der Waals surface area contributed by atoms with Crippen LogP contribution in [0.1, 0.15) is 19.8 Å². The third-order valence-corrected chi connectivity index (χ3v) is 5.73. The number of nitrogens with two attached hydrogens (primary N) is 1. The van der Waals surface area contributed by atoms with Gasteiger partial charge in [0.15, 0.2) is 0 Å². The fourth-order valence-corrected chi connectivity index (χ4v) is 4.05. The molecule has 0 saturated carbocycles. The molecule has 7 nitrogen and oxygen atoms in total. The minimum Gasteiger partial charge on any atom is -0.328 e. The summed E-state index contributed by atoms with van der Waals surface area (Å²) in [7, 11) is -3.62. The lowest BCUT2D eigenvalue weighted by atomic mass is 9.93. The highest BCUT2D eigenvalue weighted by atomic mass is 32.2. The Kier molecular flexibility index (Phi) is 4.60. The summed E-state index contributed by atoms with van der Waals surface area (Å²) >= 11 is 0. The Labute approximate surface area is 123 Å². The van der Waals surface area contributed by atoms with Crippen molar-refractivity contribution in [2.75, 3.05) is 13.1 Å². The molecular weight excluding hydrogens is 294 g/mol. The molecule has 1 fully saturated rings. The van der Waals surface area contributed by atoms with Gasteiger partial charge in [-0.15, -0.1) is 0 Å². The van der Waals surface area contributed by atoms with Crippen LogP contribution in [0.4, 0.5) is 5.69 Å². The van der Waals surface area contributed by atoms with E-state index in [1.807, 2.05) is 6.92 Å². The van der Waals surface area contributed by atoms with E-state index in [9.17, 15) is 18.5 Å². The lowest BCUT2D eigenvalue weighted by Gasteiger charge is -2.33. The van der Waals surface area contributed by atoms with E-state index in [1.54, 1.807) is 0 Å². The zero-order chi connectivity index (χ0) is 15.6. The number of nitrogens with zero attached hydrogens (tertiary/aromatic N) is 2. The number of rotatable bonds is 4. The molecule has 8 heteroatoms. The second kappa shape index (κ2) is 6.08. The van der Waals surface area contributed by atoms with Gasteiger partial charge in [0.05, 0.1) is 9.82 Å². The highest BCUT2D eigenvalue weighted by Gasteiger charge is 2.31. The third-order valence-electron chi connectivity index (χ3n) is 3.85. The summed E-state index contributed by atoms with van der Waals surface area (Å²) in [5.74, 6) is 0.145. The summed E-state index contributed by atoms with van der Waals surface area (Å²) in [5.41, 5.74) is 5.74. The topological polar surface area (TPSA) is 107 Å². The molecule has 1 aliphatic heterocycles. The van der Waals surface area contributed by atoms with Crippen LogP contribution in [-0.4, -0.2) is 36.8 Å². The van der Waals surface area contributed by atoms with Gasteiger partial charge in [-0.3, -0.25) is 10.1 Å². The van der Waals surface area contributed by atoms with E-state index in [1.165, 1.54) is 28.6 Å². The number of piperidine rings is 1. The molecule has 1 saturated heterocycles. The maximum absolute atomic E-state index is 12.6. The smallest absolute Gasteiger partial charge is 0.269 e. The molecule has 1 aromatic carbocycles. The van der Waals surface area contributed by atoms with Crippen molar-refractivity contribution in [1.29, 1.82) is 0 Å². The van der Waals surface area contributed by atoms with Crippen LogP contribution >= 0.6 is 0 Å². The molecule has 1 aliphatic rings. The Morgan fingerprint density at radius 2 is 2.00 bits per heavy atom. The van der Waals surface area contributed by atoms with E-state index in [0.717, 1.165) is 12.8 Å². The number of nitro groups is 1. The average Bonchev–Trinajstić information content (AvgIpc) is 2.47. The van der Waals surface area contributed by atoms with Gasteiger partial charge < -0.3 is 5.73 Å². The molecule has 0 bridgehead atoms. The summed E-state index contributed by atoms with van der Waals surface area (Å²) < 4.78 is 26.5. The first-order chi connectivity index (χ1) is 9.82. The Bertz CT molecular complexity index is 613. The Morgan fingerprint density at radius 3 is 2.52 bits per heavy atom. The number of sulfonamides is 1. The van der Waals surface area contributed by atoms with Crippen molar-refractivity contribution in [2.45, 2.75) is 30.7 Å². The number of nitro benzene ring substituents is 1. The van der Waals surface area contributed by atoms with Crippen molar-refractivity contribution in [3.63, 3.8) is 0 Å². The molecular formula is C13H19N3O4S. The molecule has 0 aromatic heterocycles. The van der Waals surface area contributed by atoms with Gasteiger partial charge in [-0.2, -0.15) is 4.31 Å². The van der Waals surface area contributed by atoms with E-state index >= 15 is 0 Å². The zero-order valence-electron chi connectivity index (χ0n) is 11.8. The molecule has 2 atom stereocenters. The van der Waals surface area contributed by atoms with Crippen molar-refractivity contribution >= 4 is 15.7 Å². The van der Waals surface area contributed by atoms with Crippen LogP contribution in [0, 0.1) is 16.0 Å². The van der Waals surface area contributed by atoms with E-state index < -0.39 is 14.9 Å². The number of non-ortho nitro benzene ring substituents is 1. The number of benzene rings is 1. The second-order valence-corrected chi connectivity index (χ2v) is 7.31. The molecule has 21 heavy (non-hydrogen) atoms. The van der Waals surface area contributed by atoms with Crippen molar-refractivity contribution in [3.05, 3.63) is 34.4 Å². The first-order valence-corrected chi connectivity index (χ1v) is 8.26. The molecule has 0 aliphatic carbocycles. The molecule has 2 rings (SSSR count). The van der Waals surface area contributed by atoms with Gasteiger partial charge >= 0.3 is 0 Å². The first-order valence-electron chi connectivity index (χ1n) is 6.82. The molecule has 2 unspecified atom stereocenters. The van der Waals surface area contributed by atoms with Crippen LogP contribution in [0.2, 0.25) is 0 Å². The van der Waals surface area contributed by atoms with Crippen molar-refractivity contribution in [2.24, 2.45) is 11.7 Å². The predicted octanol–water partition coefficient (Wildman–Crippen LogP) is 1.34. The Balaban J connectivity index is 2.22. The van der Waals surface area contributed by atoms with E-state index in [4.69, 9.17) is 5.73 Å². The SMILES string of the molecule is CC(N)C1CCCN(S(=O)(=O)c2ccc([N+](=O)[O-])cc2)C1. The van der Waals surface area contributed by atoms with Gasteiger partial charge in [-0.1, -0.05) is 0 Å². The number of hydrogen-bond acceptors (Lipinski definition) is 5. The van der Waals surface area contributed by atoms with Gasteiger partial charge in [-0.05, 0) is 37.8 Å². The molecule has 1 aromatic rings. The minimum atomic E-state index is -3.62. The highest BCUT2D eigenvalue weighted by molar-refractivity contribution is 7.89. The van der Waals surface area contributed by atoms with Crippen molar-refractivity contribution in [3.8, 4) is 0 Å². The van der Waals surface area contributed by atoms with E-state index in [0.29, 0.717) is 13.1 Å². The largest absolute Gasteiger partial charge is 0.328 e. The van der Waals surface area contributed by atoms with Gasteiger partial charge in [0, 0.05) is 31.3 Å². The Hall–Kier alpha value is -1.51. The highest BCUT2D eigenvalue weighted by Crippen LogP contribution is 2.26. The average molecular weight is 313 g/mol. The monoisotopic (exact) mass is 313 g/mol. The quantitative estimate of drug-likeness (QED) is 0.667. The first kappa shape index (κ1) is 15.9. The molecule has 0 radical (unpaired) electrons. The number of hydrogen-bond donors (Lipinski definition) is 1. The summed E-state index contributed by atoms with van der Waals surface area (Å²) in [4.78, 5) is 10.1. The van der Waals surface area contributed by atoms with Crippen LogP contribution < -0.4 is 5.73 Å². The fraction of sp³-hybridized carbons (Fsp3) is 0.538. The molecule has 0 amide bonds. The van der Waals surface area contributed by atoms with Crippen LogP contribution in [0.25, 0.3) is 0 Å². The summed E-state index contributed by atoms with van der Waals surface area (Å²) in [6, 6.07) is 4.92. The molecule has 0 spiro atoms. The van der Waals surface area contributed by atoms with Crippen molar-refractivity contribution in [1.82, 2.24) is 4.31 Å². The zero-order valence-corrected chi connectivity index (χ0v) is 12.6. The van der Waals surface area contributed by atoms with Gasteiger partial charge in [0.2, 0.25) is 10.0 Å².